The zero-order valence-electron chi connectivity index (χ0n) is 19.7. The van der Waals surface area contributed by atoms with Crippen molar-refractivity contribution in [1.29, 1.82) is 0 Å². The lowest BCUT2D eigenvalue weighted by Crippen LogP contribution is -2.20. The summed E-state index contributed by atoms with van der Waals surface area (Å²) in [4.78, 5) is 13.2. The average Bonchev–Trinajstić information content (AvgIpc) is 2.84. The van der Waals surface area contributed by atoms with Crippen molar-refractivity contribution >= 4 is 17.2 Å². The normalized spacial score (nSPS) is 11.2. The maximum Gasteiger partial charge on any atom is 0.255 e. The predicted molar refractivity (Wildman–Crippen MR) is 140 cm³/mol. The largest absolute Gasteiger partial charge is 0.321 e. The van der Waals surface area contributed by atoms with Crippen LogP contribution in [0.3, 0.4) is 0 Å². The van der Waals surface area contributed by atoms with Crippen LogP contribution in [-0.4, -0.2) is 5.91 Å². The number of amides is 1. The second-order valence-corrected chi connectivity index (χ2v) is 9.37. The van der Waals surface area contributed by atoms with Crippen LogP contribution in [-0.2, 0) is 5.41 Å². The summed E-state index contributed by atoms with van der Waals surface area (Å²) in [5.41, 5.74) is 6.64. The van der Waals surface area contributed by atoms with Gasteiger partial charge in [0.05, 0.1) is 5.69 Å². The molecule has 170 valence electrons. The third-order valence-corrected chi connectivity index (χ3v) is 5.85. The third kappa shape index (κ3) is 4.99. The van der Waals surface area contributed by atoms with Crippen molar-refractivity contribution in [1.82, 2.24) is 0 Å². The van der Waals surface area contributed by atoms with Crippen LogP contribution in [0.5, 0.6) is 0 Å². The van der Waals surface area contributed by atoms with Crippen molar-refractivity contribution in [3.05, 3.63) is 132 Å². The summed E-state index contributed by atoms with van der Waals surface area (Å²) in [5, 5.41) is 3.13. The Labute approximate surface area is 200 Å². The Hall–Kier alpha value is -3.98. The highest BCUT2D eigenvalue weighted by atomic mass is 19.1. The first-order valence-corrected chi connectivity index (χ1v) is 11.3. The number of nitrogens with one attached hydrogen (secondary N) is 1. The Kier molecular flexibility index (Phi) is 6.47. The van der Waals surface area contributed by atoms with Gasteiger partial charge >= 0.3 is 0 Å². The molecule has 0 bridgehead atoms. The molecule has 4 rings (SSSR count). The highest BCUT2D eigenvalue weighted by molar-refractivity contribution is 6.07. The van der Waals surface area contributed by atoms with E-state index in [4.69, 9.17) is 0 Å². The molecule has 0 aliphatic rings. The van der Waals surface area contributed by atoms with Crippen LogP contribution in [0.1, 0.15) is 47.8 Å². The molecule has 2 nitrogen and oxygen atoms in total. The SMILES string of the molecule is C=C(c1ccccc1)c1cc(-c2ccccc2)cc(C(C)(C)C)c1NC(=O)c1ccc(F)cc1. The maximum atomic E-state index is 13.4. The van der Waals surface area contributed by atoms with Gasteiger partial charge in [0, 0.05) is 11.1 Å². The van der Waals surface area contributed by atoms with E-state index in [1.54, 1.807) is 0 Å². The van der Waals surface area contributed by atoms with Gasteiger partial charge in [-0.1, -0.05) is 88.0 Å². The molecule has 0 aromatic heterocycles. The standard InChI is InChI=1S/C31H28FNO/c1-21(22-11-7-5-8-12-22)27-19-25(23-13-9-6-10-14-23)20-28(31(2,3)4)29(27)33-30(34)24-15-17-26(32)18-16-24/h5-20H,1H2,2-4H3,(H,33,34). The Morgan fingerprint density at radius 1 is 0.765 bits per heavy atom. The van der Waals surface area contributed by atoms with Gasteiger partial charge in [-0.25, -0.2) is 4.39 Å². The first kappa shape index (κ1) is 23.2. The molecule has 0 unspecified atom stereocenters. The predicted octanol–water partition coefficient (Wildman–Crippen LogP) is 8.10. The molecular weight excluding hydrogens is 421 g/mol. The summed E-state index contributed by atoms with van der Waals surface area (Å²) < 4.78 is 13.4. The van der Waals surface area contributed by atoms with Crippen LogP contribution in [0.25, 0.3) is 16.7 Å². The Balaban J connectivity index is 1.92. The molecule has 0 saturated heterocycles. The molecule has 1 amide bonds. The topological polar surface area (TPSA) is 29.1 Å². The summed E-state index contributed by atoms with van der Waals surface area (Å²) in [6.45, 7) is 10.8. The fraction of sp³-hybridized carbons (Fsp3) is 0.129. The zero-order chi connectivity index (χ0) is 24.3. The van der Waals surface area contributed by atoms with Crippen molar-refractivity contribution in [3.8, 4) is 11.1 Å². The van der Waals surface area contributed by atoms with Gasteiger partial charge in [-0.15, -0.1) is 0 Å². The Morgan fingerprint density at radius 2 is 1.35 bits per heavy atom. The molecule has 0 aliphatic carbocycles. The van der Waals surface area contributed by atoms with Gasteiger partial charge in [0.1, 0.15) is 5.82 Å². The summed E-state index contributed by atoms with van der Waals surface area (Å²) in [6.07, 6.45) is 0. The molecule has 1 N–H and O–H groups in total. The lowest BCUT2D eigenvalue weighted by Gasteiger charge is -2.27. The third-order valence-electron chi connectivity index (χ3n) is 5.85. The lowest BCUT2D eigenvalue weighted by molar-refractivity contribution is 0.102. The van der Waals surface area contributed by atoms with E-state index in [-0.39, 0.29) is 17.1 Å². The molecule has 0 radical (unpaired) electrons. The molecule has 0 heterocycles. The van der Waals surface area contributed by atoms with Crippen molar-refractivity contribution in [2.75, 3.05) is 5.32 Å². The molecule has 0 fully saturated rings. The van der Waals surface area contributed by atoms with Crippen molar-refractivity contribution in [2.24, 2.45) is 0 Å². The van der Waals surface area contributed by atoms with Crippen LogP contribution in [0.15, 0.2) is 104 Å². The molecular formula is C31H28FNO. The number of benzene rings is 4. The molecule has 4 aromatic rings. The number of hydrogen-bond donors (Lipinski definition) is 1. The number of carbonyl (C=O) groups is 1. The molecule has 0 aliphatic heterocycles. The van der Waals surface area contributed by atoms with Gasteiger partial charge in [0.25, 0.3) is 5.91 Å². The number of carbonyl (C=O) groups excluding carboxylic acids is 1. The van der Waals surface area contributed by atoms with Crippen molar-refractivity contribution < 1.29 is 9.18 Å². The van der Waals surface area contributed by atoms with Crippen LogP contribution < -0.4 is 5.32 Å². The summed E-state index contributed by atoms with van der Waals surface area (Å²) >= 11 is 0. The van der Waals surface area contributed by atoms with E-state index in [0.29, 0.717) is 5.56 Å². The molecule has 4 aromatic carbocycles. The fourth-order valence-corrected chi connectivity index (χ4v) is 3.99. The van der Waals surface area contributed by atoms with Gasteiger partial charge in [-0.05, 0) is 69.6 Å². The van der Waals surface area contributed by atoms with E-state index in [0.717, 1.165) is 39.1 Å². The van der Waals surface area contributed by atoms with E-state index < -0.39 is 0 Å². The number of rotatable bonds is 5. The molecule has 0 saturated carbocycles. The van der Waals surface area contributed by atoms with Crippen LogP contribution >= 0.6 is 0 Å². The summed E-state index contributed by atoms with van der Waals surface area (Å²) in [7, 11) is 0. The minimum atomic E-state index is -0.378. The van der Waals surface area contributed by atoms with Crippen molar-refractivity contribution in [3.63, 3.8) is 0 Å². The lowest BCUT2D eigenvalue weighted by atomic mass is 9.80. The van der Waals surface area contributed by atoms with Gasteiger partial charge in [0.15, 0.2) is 0 Å². The van der Waals surface area contributed by atoms with E-state index in [1.165, 1.54) is 24.3 Å². The molecule has 0 spiro atoms. The average molecular weight is 450 g/mol. The summed E-state index contributed by atoms with van der Waals surface area (Å²) in [6, 6.07) is 29.9. The first-order valence-electron chi connectivity index (χ1n) is 11.3. The number of hydrogen-bond acceptors (Lipinski definition) is 1. The monoisotopic (exact) mass is 449 g/mol. The highest BCUT2D eigenvalue weighted by Gasteiger charge is 2.25. The van der Waals surface area contributed by atoms with E-state index in [9.17, 15) is 9.18 Å². The van der Waals surface area contributed by atoms with E-state index in [2.05, 4.69) is 56.9 Å². The molecule has 3 heteroatoms. The Bertz CT molecular complexity index is 1320. The van der Waals surface area contributed by atoms with E-state index >= 15 is 0 Å². The van der Waals surface area contributed by atoms with Gasteiger partial charge < -0.3 is 5.32 Å². The van der Waals surface area contributed by atoms with Crippen LogP contribution in [0.2, 0.25) is 0 Å². The fourth-order valence-electron chi connectivity index (χ4n) is 3.99. The number of halogens is 1. The van der Waals surface area contributed by atoms with Crippen LogP contribution in [0.4, 0.5) is 10.1 Å². The minimum Gasteiger partial charge on any atom is -0.321 e. The molecule has 0 atom stereocenters. The van der Waals surface area contributed by atoms with Gasteiger partial charge in [-0.2, -0.15) is 0 Å². The highest BCUT2D eigenvalue weighted by Crippen LogP contribution is 2.40. The molecule has 34 heavy (non-hydrogen) atoms. The van der Waals surface area contributed by atoms with Crippen LogP contribution in [0, 0.1) is 5.82 Å². The maximum absolute atomic E-state index is 13.4. The van der Waals surface area contributed by atoms with Gasteiger partial charge in [-0.3, -0.25) is 4.79 Å². The second kappa shape index (κ2) is 9.48. The smallest absolute Gasteiger partial charge is 0.255 e. The summed E-state index contributed by atoms with van der Waals surface area (Å²) in [5.74, 6) is -0.669. The Morgan fingerprint density at radius 3 is 1.94 bits per heavy atom. The minimum absolute atomic E-state index is 0.262. The van der Waals surface area contributed by atoms with Gasteiger partial charge in [0.2, 0.25) is 0 Å². The van der Waals surface area contributed by atoms with E-state index in [1.807, 2.05) is 48.5 Å². The first-order chi connectivity index (χ1) is 16.2. The zero-order valence-corrected chi connectivity index (χ0v) is 19.7. The quantitative estimate of drug-likeness (QED) is 0.328. The number of anilines is 1. The van der Waals surface area contributed by atoms with Crippen molar-refractivity contribution in [2.45, 2.75) is 26.2 Å². The second-order valence-electron chi connectivity index (χ2n) is 9.37.